The Kier molecular flexibility index (Phi) is 10.6. The van der Waals surface area contributed by atoms with Crippen molar-refractivity contribution in [2.75, 3.05) is 19.6 Å². The molecule has 4 heteroatoms. The molecule has 0 amide bonds. The summed E-state index contributed by atoms with van der Waals surface area (Å²) in [6.07, 6.45) is 1.05. The van der Waals surface area contributed by atoms with Crippen LogP contribution in [-0.4, -0.2) is 31.2 Å². The molecule has 0 aromatic heterocycles. The molecule has 0 aliphatic heterocycles. The molecule has 0 spiro atoms. The fourth-order valence-electron chi connectivity index (χ4n) is 0.792. The van der Waals surface area contributed by atoms with Crippen LogP contribution < -0.4 is 5.32 Å². The van der Waals surface area contributed by atoms with Gasteiger partial charge in [-0.1, -0.05) is 0 Å². The summed E-state index contributed by atoms with van der Waals surface area (Å²) in [4.78, 5) is 7.91. The maximum absolute atomic E-state index is 4.02. The van der Waals surface area contributed by atoms with Crippen LogP contribution in [0.1, 0.15) is 34.1 Å². The molecule has 0 atom stereocenters. The van der Waals surface area contributed by atoms with Gasteiger partial charge < -0.3 is 5.32 Å². The van der Waals surface area contributed by atoms with E-state index in [9.17, 15) is 0 Å². The highest BCUT2D eigenvalue weighted by Crippen LogP contribution is 1.97. The van der Waals surface area contributed by atoms with Crippen molar-refractivity contribution in [1.29, 1.82) is 0 Å². The Hall–Kier alpha value is -0.370. The Morgan fingerprint density at radius 3 is 2.36 bits per heavy atom. The standard InChI is InChI=1S/C10H21N3.ClH/c1-5-11-9-12-7-6-8-13-10(2,3)4;/h13H,5-8H2,1-4H3;1H. The number of nitrogens with zero attached hydrogens (tertiary/aromatic N) is 2. The van der Waals surface area contributed by atoms with Crippen LogP contribution in [0.25, 0.3) is 0 Å². The van der Waals surface area contributed by atoms with Crippen LogP contribution in [0.5, 0.6) is 0 Å². The highest BCUT2D eigenvalue weighted by atomic mass is 35.5. The van der Waals surface area contributed by atoms with Gasteiger partial charge in [-0.2, -0.15) is 0 Å². The monoisotopic (exact) mass is 219 g/mol. The molecule has 1 N–H and O–H groups in total. The van der Waals surface area contributed by atoms with Crippen molar-refractivity contribution in [3.8, 4) is 0 Å². The van der Waals surface area contributed by atoms with E-state index in [1.165, 1.54) is 0 Å². The summed E-state index contributed by atoms with van der Waals surface area (Å²) in [6, 6.07) is 2.65. The van der Waals surface area contributed by atoms with Gasteiger partial charge in [0.05, 0.1) is 12.6 Å². The number of rotatable bonds is 5. The van der Waals surface area contributed by atoms with Gasteiger partial charge >= 0.3 is 0 Å². The quantitative estimate of drug-likeness (QED) is 0.560. The highest BCUT2D eigenvalue weighted by molar-refractivity contribution is 5.85. The normalized spacial score (nSPS) is 10.0. The van der Waals surface area contributed by atoms with E-state index in [1.54, 1.807) is 0 Å². The molecule has 84 valence electrons. The van der Waals surface area contributed by atoms with Gasteiger partial charge in [-0.3, -0.25) is 0 Å². The molecule has 0 saturated heterocycles. The predicted octanol–water partition coefficient (Wildman–Crippen LogP) is 2.38. The number of halogens is 1. The molecule has 0 aromatic rings. The second-order valence-corrected chi connectivity index (χ2v) is 3.99. The lowest BCUT2D eigenvalue weighted by Gasteiger charge is -2.19. The van der Waals surface area contributed by atoms with E-state index in [2.05, 4.69) is 42.1 Å². The van der Waals surface area contributed by atoms with Crippen LogP contribution >= 0.6 is 12.4 Å². The molecule has 0 radical (unpaired) electrons. The molecular formula is C10H22ClN3. The summed E-state index contributed by atoms with van der Waals surface area (Å²) in [5.41, 5.74) is 0.210. The first-order valence-corrected chi connectivity index (χ1v) is 4.89. The lowest BCUT2D eigenvalue weighted by Crippen LogP contribution is -2.36. The van der Waals surface area contributed by atoms with Crippen molar-refractivity contribution >= 4 is 18.4 Å². The third-order valence-electron chi connectivity index (χ3n) is 1.40. The fourth-order valence-corrected chi connectivity index (χ4v) is 0.792. The van der Waals surface area contributed by atoms with E-state index in [0.29, 0.717) is 0 Å². The smallest absolute Gasteiger partial charge is 0.0892 e. The van der Waals surface area contributed by atoms with Crippen LogP contribution in [0.4, 0.5) is 0 Å². The van der Waals surface area contributed by atoms with Crippen LogP contribution in [0.2, 0.25) is 0 Å². The predicted molar refractivity (Wildman–Crippen MR) is 64.9 cm³/mol. The largest absolute Gasteiger partial charge is 0.312 e. The summed E-state index contributed by atoms with van der Waals surface area (Å²) in [5.74, 6) is 0. The summed E-state index contributed by atoms with van der Waals surface area (Å²) < 4.78 is 0. The van der Waals surface area contributed by atoms with Gasteiger partial charge in [0.2, 0.25) is 0 Å². The molecule has 3 nitrogen and oxygen atoms in total. The Morgan fingerprint density at radius 1 is 1.21 bits per heavy atom. The van der Waals surface area contributed by atoms with Crippen LogP contribution in [0.15, 0.2) is 9.98 Å². The van der Waals surface area contributed by atoms with Crippen molar-refractivity contribution in [1.82, 2.24) is 5.32 Å². The van der Waals surface area contributed by atoms with Crippen LogP contribution in [0, 0.1) is 0 Å². The Morgan fingerprint density at radius 2 is 1.86 bits per heavy atom. The fraction of sp³-hybridized carbons (Fsp3) is 0.900. The molecule has 0 aliphatic rings. The zero-order chi connectivity index (χ0) is 10.2. The average molecular weight is 220 g/mol. The zero-order valence-corrected chi connectivity index (χ0v) is 10.4. The summed E-state index contributed by atoms with van der Waals surface area (Å²) in [7, 11) is 0. The molecule has 0 aromatic carbocycles. The average Bonchev–Trinajstić information content (AvgIpc) is 2.01. The van der Waals surface area contributed by atoms with Gasteiger partial charge in [-0.05, 0) is 40.7 Å². The third-order valence-corrected chi connectivity index (χ3v) is 1.40. The maximum atomic E-state index is 4.02. The highest BCUT2D eigenvalue weighted by Gasteiger charge is 2.06. The van der Waals surface area contributed by atoms with Crippen LogP contribution in [0.3, 0.4) is 0 Å². The van der Waals surface area contributed by atoms with E-state index in [1.807, 2.05) is 6.92 Å². The van der Waals surface area contributed by atoms with Gasteiger partial charge in [-0.15, -0.1) is 12.4 Å². The minimum atomic E-state index is 0. The molecule has 0 bridgehead atoms. The number of hydrogen-bond acceptors (Lipinski definition) is 3. The molecule has 0 saturated carbocycles. The van der Waals surface area contributed by atoms with E-state index in [-0.39, 0.29) is 17.9 Å². The number of hydrogen-bond donors (Lipinski definition) is 1. The molecule has 0 heterocycles. The number of nitrogens with one attached hydrogen (secondary N) is 1. The third kappa shape index (κ3) is 14.2. The minimum absolute atomic E-state index is 0. The molecular weight excluding hydrogens is 198 g/mol. The molecule has 14 heavy (non-hydrogen) atoms. The lowest BCUT2D eigenvalue weighted by molar-refractivity contribution is 0.424. The van der Waals surface area contributed by atoms with Crippen molar-refractivity contribution < 1.29 is 0 Å². The first kappa shape index (κ1) is 16.1. The van der Waals surface area contributed by atoms with E-state index in [4.69, 9.17) is 0 Å². The molecule has 0 aliphatic carbocycles. The Bertz CT molecular complexity index is 178. The van der Waals surface area contributed by atoms with E-state index < -0.39 is 0 Å². The second-order valence-electron chi connectivity index (χ2n) is 3.99. The summed E-state index contributed by atoms with van der Waals surface area (Å²) in [5, 5.41) is 3.39. The second kappa shape index (κ2) is 9.20. The summed E-state index contributed by atoms with van der Waals surface area (Å²) >= 11 is 0. The SMILES string of the molecule is CCN=C=NCCCNC(C)(C)C.Cl. The first-order valence-electron chi connectivity index (χ1n) is 4.89. The molecule has 0 fully saturated rings. The first-order chi connectivity index (χ1) is 6.06. The van der Waals surface area contributed by atoms with Crippen molar-refractivity contribution in [2.24, 2.45) is 9.98 Å². The summed E-state index contributed by atoms with van der Waals surface area (Å²) in [6.45, 7) is 11.0. The van der Waals surface area contributed by atoms with Gasteiger partial charge in [0.1, 0.15) is 0 Å². The van der Waals surface area contributed by atoms with Crippen molar-refractivity contribution in [3.05, 3.63) is 0 Å². The van der Waals surface area contributed by atoms with Gasteiger partial charge in [0, 0.05) is 12.1 Å². The Labute approximate surface area is 93.5 Å². The van der Waals surface area contributed by atoms with Gasteiger partial charge in [-0.25, -0.2) is 9.98 Å². The van der Waals surface area contributed by atoms with Gasteiger partial charge in [0.15, 0.2) is 0 Å². The van der Waals surface area contributed by atoms with E-state index in [0.717, 1.165) is 26.1 Å². The van der Waals surface area contributed by atoms with Crippen molar-refractivity contribution in [3.63, 3.8) is 0 Å². The zero-order valence-electron chi connectivity index (χ0n) is 9.63. The maximum Gasteiger partial charge on any atom is 0.0892 e. The Balaban J connectivity index is 0. The topological polar surface area (TPSA) is 36.8 Å². The van der Waals surface area contributed by atoms with Crippen molar-refractivity contribution in [2.45, 2.75) is 39.7 Å². The van der Waals surface area contributed by atoms with E-state index >= 15 is 0 Å². The molecule has 0 unspecified atom stereocenters. The minimum Gasteiger partial charge on any atom is -0.312 e. The van der Waals surface area contributed by atoms with Gasteiger partial charge in [0.25, 0.3) is 0 Å². The molecule has 0 rings (SSSR count). The van der Waals surface area contributed by atoms with Crippen LogP contribution in [-0.2, 0) is 0 Å². The lowest BCUT2D eigenvalue weighted by atomic mass is 10.1. The number of aliphatic imine (C=N–C) groups is 2.